The van der Waals surface area contributed by atoms with Gasteiger partial charge in [0, 0.05) is 23.7 Å². The summed E-state index contributed by atoms with van der Waals surface area (Å²) >= 11 is 0. The second-order valence-electron chi connectivity index (χ2n) is 8.45. The van der Waals surface area contributed by atoms with E-state index in [1.807, 2.05) is 41.5 Å². The van der Waals surface area contributed by atoms with Gasteiger partial charge in [-0.1, -0.05) is 51.9 Å². The Kier molecular flexibility index (Phi) is 5.83. The molecule has 26 heavy (non-hydrogen) atoms. The highest BCUT2D eigenvalue weighted by Gasteiger charge is 2.25. The summed E-state index contributed by atoms with van der Waals surface area (Å²) in [7, 11) is 0. The van der Waals surface area contributed by atoms with Gasteiger partial charge in [0.25, 0.3) is 5.89 Å². The number of carbonyl (C=O) groups is 1. The highest BCUT2D eigenvalue weighted by atomic mass is 16.6. The summed E-state index contributed by atoms with van der Waals surface area (Å²) in [6.45, 7) is 13.7. The van der Waals surface area contributed by atoms with Gasteiger partial charge in [-0.3, -0.25) is 4.79 Å². The van der Waals surface area contributed by atoms with Gasteiger partial charge in [-0.2, -0.15) is 9.97 Å². The van der Waals surface area contributed by atoms with Crippen LogP contribution in [0.3, 0.4) is 0 Å². The Morgan fingerprint density at radius 3 is 2.12 bits per heavy atom. The molecule has 8 nitrogen and oxygen atoms in total. The zero-order valence-corrected chi connectivity index (χ0v) is 16.6. The maximum atomic E-state index is 12.0. The number of nitrogens with zero attached hydrogens (tertiary/aromatic N) is 4. The summed E-state index contributed by atoms with van der Waals surface area (Å²) in [5, 5.41) is 7.90. The second kappa shape index (κ2) is 7.55. The van der Waals surface area contributed by atoms with E-state index in [2.05, 4.69) is 20.3 Å². The lowest BCUT2D eigenvalue weighted by atomic mass is 9.96. The van der Waals surface area contributed by atoms with Crippen molar-refractivity contribution in [3.8, 4) is 0 Å². The van der Waals surface area contributed by atoms with Gasteiger partial charge in [0.1, 0.15) is 0 Å². The van der Waals surface area contributed by atoms with Crippen molar-refractivity contribution in [2.45, 2.75) is 84.7 Å². The molecule has 8 heteroatoms. The van der Waals surface area contributed by atoms with E-state index < -0.39 is 6.10 Å². The number of ether oxygens (including phenoxy) is 1. The molecule has 144 valence electrons. The highest BCUT2D eigenvalue weighted by Crippen LogP contribution is 2.23. The molecule has 0 bridgehead atoms. The molecule has 0 aliphatic heterocycles. The molecule has 0 aliphatic carbocycles. The van der Waals surface area contributed by atoms with Crippen molar-refractivity contribution < 1.29 is 18.6 Å². The van der Waals surface area contributed by atoms with Crippen molar-refractivity contribution in [2.75, 3.05) is 0 Å². The molecule has 0 N–H and O–H groups in total. The Hall–Kier alpha value is -2.25. The van der Waals surface area contributed by atoms with Crippen LogP contribution in [0, 0.1) is 0 Å². The first-order valence-corrected chi connectivity index (χ1v) is 8.83. The number of hydrogen-bond acceptors (Lipinski definition) is 8. The first-order valence-electron chi connectivity index (χ1n) is 8.83. The van der Waals surface area contributed by atoms with Crippen molar-refractivity contribution >= 4 is 5.97 Å². The van der Waals surface area contributed by atoms with E-state index in [0.29, 0.717) is 36.3 Å². The van der Waals surface area contributed by atoms with Crippen LogP contribution in [0.1, 0.15) is 90.8 Å². The molecular weight excluding hydrogens is 336 g/mol. The van der Waals surface area contributed by atoms with Crippen molar-refractivity contribution in [1.82, 2.24) is 20.3 Å². The number of esters is 1. The van der Waals surface area contributed by atoms with Crippen molar-refractivity contribution in [3.05, 3.63) is 23.4 Å². The quantitative estimate of drug-likeness (QED) is 0.715. The molecule has 0 saturated heterocycles. The number of aromatic nitrogens is 4. The van der Waals surface area contributed by atoms with Gasteiger partial charge in [-0.25, -0.2) is 0 Å². The topological polar surface area (TPSA) is 104 Å². The van der Waals surface area contributed by atoms with E-state index in [0.717, 1.165) is 0 Å². The molecule has 2 aromatic rings. The Morgan fingerprint density at radius 2 is 1.58 bits per heavy atom. The predicted octanol–water partition coefficient (Wildman–Crippen LogP) is 3.67. The average molecular weight is 364 g/mol. The van der Waals surface area contributed by atoms with Crippen LogP contribution >= 0.6 is 0 Å². The van der Waals surface area contributed by atoms with E-state index in [-0.39, 0.29) is 23.2 Å². The predicted molar refractivity (Wildman–Crippen MR) is 93.4 cm³/mol. The van der Waals surface area contributed by atoms with E-state index in [1.54, 1.807) is 6.92 Å². The van der Waals surface area contributed by atoms with Crippen molar-refractivity contribution in [2.24, 2.45) is 0 Å². The minimum absolute atomic E-state index is 0.161. The molecule has 0 spiro atoms. The fourth-order valence-electron chi connectivity index (χ4n) is 2.06. The lowest BCUT2D eigenvalue weighted by Crippen LogP contribution is -2.14. The second-order valence-corrected chi connectivity index (χ2v) is 8.45. The largest absolute Gasteiger partial charge is 0.453 e. The van der Waals surface area contributed by atoms with Crippen LogP contribution in [-0.4, -0.2) is 26.3 Å². The smallest absolute Gasteiger partial charge is 0.306 e. The van der Waals surface area contributed by atoms with Gasteiger partial charge < -0.3 is 13.8 Å². The monoisotopic (exact) mass is 364 g/mol. The standard InChI is InChI=1S/C18H28N4O4/c1-11(14-20-16(22-26-14)18(5,6)7)24-13(23)10-8-9-12-19-15(21-25-12)17(2,3)4/h11H,8-10H2,1-7H3. The number of carbonyl (C=O) groups excluding carboxylic acids is 1. The molecule has 2 heterocycles. The Bertz CT molecular complexity index is 737. The zero-order valence-electron chi connectivity index (χ0n) is 16.6. The summed E-state index contributed by atoms with van der Waals surface area (Å²) in [5.74, 6) is 1.75. The average Bonchev–Trinajstić information content (AvgIpc) is 3.15. The molecule has 1 atom stereocenters. The maximum Gasteiger partial charge on any atom is 0.306 e. The summed E-state index contributed by atoms with van der Waals surface area (Å²) in [6, 6.07) is 0. The number of rotatable bonds is 6. The molecule has 0 amide bonds. The van der Waals surface area contributed by atoms with Gasteiger partial charge in [-0.15, -0.1) is 0 Å². The van der Waals surface area contributed by atoms with Gasteiger partial charge in [-0.05, 0) is 13.3 Å². The highest BCUT2D eigenvalue weighted by molar-refractivity contribution is 5.69. The molecule has 2 rings (SSSR count). The molecule has 0 aliphatic rings. The molecule has 0 aromatic carbocycles. The van der Waals surface area contributed by atoms with Gasteiger partial charge in [0.2, 0.25) is 5.89 Å². The third-order valence-corrected chi connectivity index (χ3v) is 3.68. The molecule has 0 radical (unpaired) electrons. The van der Waals surface area contributed by atoms with Crippen LogP contribution in [0.25, 0.3) is 0 Å². The van der Waals surface area contributed by atoms with Crippen LogP contribution in [0.15, 0.2) is 9.05 Å². The van der Waals surface area contributed by atoms with E-state index >= 15 is 0 Å². The molecule has 0 saturated carbocycles. The minimum Gasteiger partial charge on any atom is -0.453 e. The Balaban J connectivity index is 1.79. The molecule has 1 unspecified atom stereocenters. The maximum absolute atomic E-state index is 12.0. The minimum atomic E-state index is -0.581. The van der Waals surface area contributed by atoms with Crippen LogP contribution in [0.4, 0.5) is 0 Å². The summed E-state index contributed by atoms with van der Waals surface area (Å²) in [6.07, 6.45) is 0.759. The Morgan fingerprint density at radius 1 is 1.00 bits per heavy atom. The third kappa shape index (κ3) is 5.37. The fourth-order valence-corrected chi connectivity index (χ4v) is 2.06. The van der Waals surface area contributed by atoms with Crippen LogP contribution in [0.2, 0.25) is 0 Å². The summed E-state index contributed by atoms with van der Waals surface area (Å²) in [5.41, 5.74) is -0.381. The van der Waals surface area contributed by atoms with Gasteiger partial charge in [0.05, 0.1) is 0 Å². The van der Waals surface area contributed by atoms with Gasteiger partial charge >= 0.3 is 5.97 Å². The van der Waals surface area contributed by atoms with E-state index in [9.17, 15) is 4.79 Å². The van der Waals surface area contributed by atoms with Crippen molar-refractivity contribution in [1.29, 1.82) is 0 Å². The van der Waals surface area contributed by atoms with Crippen LogP contribution < -0.4 is 0 Å². The first kappa shape index (κ1) is 20.1. The fraction of sp³-hybridized carbons (Fsp3) is 0.722. The lowest BCUT2D eigenvalue weighted by Gasteiger charge is -2.11. The SMILES string of the molecule is CC(OC(=O)CCCc1nc(C(C)(C)C)no1)c1nc(C(C)(C)C)no1. The third-order valence-electron chi connectivity index (χ3n) is 3.68. The molecule has 2 aromatic heterocycles. The van der Waals surface area contributed by atoms with Gasteiger partial charge in [0.15, 0.2) is 17.8 Å². The number of hydrogen-bond donors (Lipinski definition) is 0. The van der Waals surface area contributed by atoms with E-state index in [1.165, 1.54) is 0 Å². The zero-order chi connectivity index (χ0) is 19.5. The van der Waals surface area contributed by atoms with E-state index in [4.69, 9.17) is 13.8 Å². The summed E-state index contributed by atoms with van der Waals surface area (Å²) in [4.78, 5) is 20.7. The molecular formula is C18H28N4O4. The normalized spacial score (nSPS) is 13.7. The number of aryl methyl sites for hydroxylation is 1. The van der Waals surface area contributed by atoms with Crippen molar-refractivity contribution in [3.63, 3.8) is 0 Å². The molecule has 0 fully saturated rings. The lowest BCUT2D eigenvalue weighted by molar-refractivity contribution is -0.149. The first-order chi connectivity index (χ1) is 12.0. The summed E-state index contributed by atoms with van der Waals surface area (Å²) < 4.78 is 15.8. The Labute approximate surface area is 153 Å². The van der Waals surface area contributed by atoms with Crippen LogP contribution in [-0.2, 0) is 26.8 Å². The van der Waals surface area contributed by atoms with Crippen LogP contribution in [0.5, 0.6) is 0 Å².